The summed E-state index contributed by atoms with van der Waals surface area (Å²) in [6.07, 6.45) is -3.41. The highest BCUT2D eigenvalue weighted by molar-refractivity contribution is 8.05. The maximum absolute atomic E-state index is 10.7. The van der Waals surface area contributed by atoms with E-state index in [0.29, 0.717) is 13.2 Å². The summed E-state index contributed by atoms with van der Waals surface area (Å²) >= 11 is 10.3. The van der Waals surface area contributed by atoms with Crippen LogP contribution in [-0.4, -0.2) is 13.2 Å². The van der Waals surface area contributed by atoms with Crippen molar-refractivity contribution in [1.82, 2.24) is 0 Å². The lowest BCUT2D eigenvalue weighted by Gasteiger charge is -2.05. The Morgan fingerprint density at radius 1 is 1.13 bits per heavy atom. The second-order valence-corrected chi connectivity index (χ2v) is 7.06. The van der Waals surface area contributed by atoms with E-state index in [0.717, 1.165) is 5.56 Å². The summed E-state index contributed by atoms with van der Waals surface area (Å²) in [6, 6.07) is 9.70. The first-order chi connectivity index (χ1) is 7.08. The summed E-state index contributed by atoms with van der Waals surface area (Å²) in [5.74, 6) is 0. The van der Waals surface area contributed by atoms with Gasteiger partial charge in [0.25, 0.3) is 0 Å². The molecule has 0 saturated carbocycles. The first-order valence-corrected chi connectivity index (χ1v) is 7.77. The molecule has 0 fully saturated rings. The minimum atomic E-state index is -3.41. The predicted molar refractivity (Wildman–Crippen MR) is 61.4 cm³/mol. The molecule has 1 aromatic rings. The zero-order valence-electron chi connectivity index (χ0n) is 7.94. The molecule has 0 spiro atoms. The van der Waals surface area contributed by atoms with E-state index in [1.807, 2.05) is 30.3 Å². The summed E-state index contributed by atoms with van der Waals surface area (Å²) in [5.41, 5.74) is 1.07. The zero-order chi connectivity index (χ0) is 11.1. The van der Waals surface area contributed by atoms with Crippen LogP contribution < -0.4 is 0 Å². The Morgan fingerprint density at radius 3 is 2.40 bits per heavy atom. The molecule has 15 heavy (non-hydrogen) atoms. The lowest BCUT2D eigenvalue weighted by Crippen LogP contribution is -2.01. The lowest BCUT2D eigenvalue weighted by atomic mass is 10.2. The largest absolute Gasteiger partial charge is 0.380 e. The molecule has 1 rings (SSSR count). The summed E-state index contributed by atoms with van der Waals surface area (Å²) < 4.78 is 20.6. The Bertz CT molecular complexity index is 325. The van der Waals surface area contributed by atoms with Gasteiger partial charge < -0.3 is 9.26 Å². The monoisotopic (exact) mass is 268 g/mol. The van der Waals surface area contributed by atoms with Gasteiger partial charge in [0.05, 0.1) is 19.8 Å². The first kappa shape index (κ1) is 13.0. The minimum Gasteiger partial charge on any atom is -0.374 e. The summed E-state index contributed by atoms with van der Waals surface area (Å²) in [7, 11) is 0. The van der Waals surface area contributed by atoms with Crippen LogP contribution in [0.2, 0.25) is 0 Å². The second-order valence-electron chi connectivity index (χ2n) is 2.79. The predicted octanol–water partition coefficient (Wildman–Crippen LogP) is 3.81. The van der Waals surface area contributed by atoms with Crippen LogP contribution in [0.4, 0.5) is 0 Å². The van der Waals surface area contributed by atoms with E-state index in [1.54, 1.807) is 0 Å². The lowest BCUT2D eigenvalue weighted by molar-refractivity contribution is 0.0917. The molecule has 0 aliphatic rings. The quantitative estimate of drug-likeness (QED) is 0.582. The Hall–Kier alpha value is -0.0500. The van der Waals surface area contributed by atoms with Crippen molar-refractivity contribution >= 4 is 28.6 Å². The molecule has 0 saturated heterocycles. The first-order valence-electron chi connectivity index (χ1n) is 4.33. The Balaban J connectivity index is 2.10. The number of ether oxygens (including phenoxy) is 1. The van der Waals surface area contributed by atoms with Gasteiger partial charge >= 0.3 is 6.07 Å². The average molecular weight is 269 g/mol. The third-order valence-electron chi connectivity index (χ3n) is 1.58. The fourth-order valence-electron chi connectivity index (χ4n) is 0.967. The maximum Gasteiger partial charge on any atom is 0.380 e. The van der Waals surface area contributed by atoms with Crippen molar-refractivity contribution in [3.05, 3.63) is 35.9 Å². The topological polar surface area (TPSA) is 35.5 Å². The van der Waals surface area contributed by atoms with Gasteiger partial charge in [-0.25, -0.2) is 0 Å². The number of benzene rings is 1. The van der Waals surface area contributed by atoms with Crippen molar-refractivity contribution in [1.29, 1.82) is 0 Å². The van der Waals surface area contributed by atoms with Crippen LogP contribution in [0.3, 0.4) is 0 Å². The van der Waals surface area contributed by atoms with Crippen molar-refractivity contribution in [2.75, 3.05) is 13.2 Å². The number of halogens is 2. The molecule has 0 amide bonds. The van der Waals surface area contributed by atoms with E-state index in [9.17, 15) is 4.57 Å². The third-order valence-corrected chi connectivity index (χ3v) is 2.65. The van der Waals surface area contributed by atoms with Gasteiger partial charge in [-0.3, -0.25) is 4.57 Å². The molecule has 3 nitrogen and oxygen atoms in total. The Kier molecular flexibility index (Phi) is 5.65. The van der Waals surface area contributed by atoms with E-state index >= 15 is 0 Å². The molecule has 0 unspecified atom stereocenters. The van der Waals surface area contributed by atoms with E-state index < -0.39 is 6.07 Å². The molecule has 1 aromatic carbocycles. The van der Waals surface area contributed by atoms with Crippen molar-refractivity contribution in [2.24, 2.45) is 0 Å². The highest BCUT2D eigenvalue weighted by atomic mass is 35.9. The Labute approximate surface area is 98.3 Å². The SMILES string of the molecule is O=P(Cl)(Cl)OCCOCc1ccccc1. The van der Waals surface area contributed by atoms with Gasteiger partial charge in [-0.05, 0) is 28.0 Å². The number of rotatable bonds is 6. The van der Waals surface area contributed by atoms with Gasteiger partial charge in [-0.1, -0.05) is 30.3 Å². The molecule has 0 aromatic heterocycles. The van der Waals surface area contributed by atoms with Gasteiger partial charge in [-0.15, -0.1) is 0 Å². The van der Waals surface area contributed by atoms with E-state index in [2.05, 4.69) is 4.52 Å². The van der Waals surface area contributed by atoms with E-state index in [4.69, 9.17) is 27.2 Å². The average Bonchev–Trinajstić information content (AvgIpc) is 2.17. The highest BCUT2D eigenvalue weighted by Gasteiger charge is 2.13. The summed E-state index contributed by atoms with van der Waals surface area (Å²) in [6.45, 7) is 0.911. The Morgan fingerprint density at radius 2 is 1.80 bits per heavy atom. The summed E-state index contributed by atoms with van der Waals surface area (Å²) in [5, 5.41) is 0. The van der Waals surface area contributed by atoms with Crippen molar-refractivity contribution < 1.29 is 13.8 Å². The van der Waals surface area contributed by atoms with Crippen LogP contribution in [0.25, 0.3) is 0 Å². The molecular weight excluding hydrogens is 258 g/mol. The molecule has 0 heterocycles. The molecule has 0 aliphatic carbocycles. The van der Waals surface area contributed by atoms with Crippen LogP contribution >= 0.6 is 28.6 Å². The third kappa shape index (κ3) is 6.93. The molecule has 0 radical (unpaired) electrons. The van der Waals surface area contributed by atoms with E-state index in [1.165, 1.54) is 0 Å². The van der Waals surface area contributed by atoms with Gasteiger partial charge in [0.1, 0.15) is 0 Å². The fourth-order valence-corrected chi connectivity index (χ4v) is 1.67. The zero-order valence-corrected chi connectivity index (χ0v) is 10.3. The van der Waals surface area contributed by atoms with Gasteiger partial charge in [0.2, 0.25) is 0 Å². The number of hydrogen-bond donors (Lipinski definition) is 0. The van der Waals surface area contributed by atoms with Gasteiger partial charge in [0, 0.05) is 0 Å². The molecule has 0 atom stereocenters. The number of hydrogen-bond acceptors (Lipinski definition) is 3. The van der Waals surface area contributed by atoms with Crippen molar-refractivity contribution in [2.45, 2.75) is 6.61 Å². The molecular formula is C9H11Cl2O3P. The van der Waals surface area contributed by atoms with Crippen LogP contribution in [-0.2, 0) is 20.4 Å². The molecule has 0 N–H and O–H groups in total. The van der Waals surface area contributed by atoms with Crippen molar-refractivity contribution in [3.8, 4) is 0 Å². The van der Waals surface area contributed by atoms with Crippen LogP contribution in [0, 0.1) is 0 Å². The van der Waals surface area contributed by atoms with Gasteiger partial charge in [-0.2, -0.15) is 0 Å². The molecule has 84 valence electrons. The van der Waals surface area contributed by atoms with Crippen LogP contribution in [0.1, 0.15) is 5.56 Å². The minimum absolute atomic E-state index is 0.122. The fraction of sp³-hybridized carbons (Fsp3) is 0.333. The highest BCUT2D eigenvalue weighted by Crippen LogP contribution is 2.57. The maximum atomic E-state index is 10.7. The second kappa shape index (κ2) is 6.51. The smallest absolute Gasteiger partial charge is 0.374 e. The summed E-state index contributed by atoms with van der Waals surface area (Å²) in [4.78, 5) is 0. The molecule has 6 heteroatoms. The van der Waals surface area contributed by atoms with E-state index in [-0.39, 0.29) is 6.61 Å². The van der Waals surface area contributed by atoms with Crippen LogP contribution in [0.5, 0.6) is 0 Å². The molecule has 0 bridgehead atoms. The standard InChI is InChI=1S/C9H11Cl2O3P/c10-15(11,12)14-7-6-13-8-9-4-2-1-3-5-9/h1-5H,6-8H2. The van der Waals surface area contributed by atoms with Crippen LogP contribution in [0.15, 0.2) is 30.3 Å². The molecule has 0 aliphatic heterocycles. The van der Waals surface area contributed by atoms with Crippen molar-refractivity contribution in [3.63, 3.8) is 0 Å². The normalized spacial score (nSPS) is 11.6. The van der Waals surface area contributed by atoms with Gasteiger partial charge in [0.15, 0.2) is 0 Å².